The highest BCUT2D eigenvalue weighted by Crippen LogP contribution is 2.26. The zero-order valence-electron chi connectivity index (χ0n) is 7.57. The van der Waals surface area contributed by atoms with Crippen LogP contribution in [0.3, 0.4) is 0 Å². The summed E-state index contributed by atoms with van der Waals surface area (Å²) in [6.07, 6.45) is 2.62. The monoisotopic (exact) mass is 185 g/mol. The zero-order valence-corrected chi connectivity index (χ0v) is 7.57. The summed E-state index contributed by atoms with van der Waals surface area (Å²) in [5, 5.41) is 0. The van der Waals surface area contributed by atoms with Gasteiger partial charge in [0.25, 0.3) is 0 Å². The molecule has 2 aliphatic rings. The van der Waals surface area contributed by atoms with Gasteiger partial charge in [-0.05, 0) is 19.3 Å². The lowest BCUT2D eigenvalue weighted by molar-refractivity contribution is -0.176. The van der Waals surface area contributed by atoms with Crippen molar-refractivity contribution >= 4 is 5.97 Å². The maximum atomic E-state index is 11.5. The molecule has 0 amide bonds. The van der Waals surface area contributed by atoms with Gasteiger partial charge in [0.1, 0.15) is 6.10 Å². The van der Waals surface area contributed by atoms with Crippen LogP contribution in [0.5, 0.6) is 0 Å². The summed E-state index contributed by atoms with van der Waals surface area (Å²) in [5.41, 5.74) is 5.71. The second-order valence-corrected chi connectivity index (χ2v) is 3.87. The Morgan fingerprint density at radius 2 is 2.15 bits per heavy atom. The van der Waals surface area contributed by atoms with Crippen molar-refractivity contribution in [2.24, 2.45) is 11.7 Å². The van der Waals surface area contributed by atoms with E-state index in [4.69, 9.17) is 15.2 Å². The maximum absolute atomic E-state index is 11.5. The Labute approximate surface area is 77.4 Å². The van der Waals surface area contributed by atoms with Crippen molar-refractivity contribution in [1.82, 2.24) is 0 Å². The minimum Gasteiger partial charge on any atom is -0.457 e. The van der Waals surface area contributed by atoms with Gasteiger partial charge in [-0.1, -0.05) is 0 Å². The van der Waals surface area contributed by atoms with Crippen molar-refractivity contribution in [3.8, 4) is 0 Å². The average molecular weight is 185 g/mol. The molecule has 0 bridgehead atoms. The number of hydrogen-bond acceptors (Lipinski definition) is 4. The Balaban J connectivity index is 1.76. The van der Waals surface area contributed by atoms with Gasteiger partial charge in [0.2, 0.25) is 0 Å². The quantitative estimate of drug-likeness (QED) is 0.618. The minimum absolute atomic E-state index is 0.00400. The molecule has 2 N–H and O–H groups in total. The third kappa shape index (κ3) is 2.00. The number of nitrogens with two attached hydrogens (primary N) is 1. The normalized spacial score (nSPS) is 34.2. The Hall–Kier alpha value is -0.610. The van der Waals surface area contributed by atoms with E-state index in [1.165, 1.54) is 0 Å². The lowest BCUT2D eigenvalue weighted by atomic mass is 10.1. The number of esters is 1. The second-order valence-electron chi connectivity index (χ2n) is 3.87. The van der Waals surface area contributed by atoms with Gasteiger partial charge >= 0.3 is 5.97 Å². The van der Waals surface area contributed by atoms with Crippen LogP contribution in [0.1, 0.15) is 19.3 Å². The van der Waals surface area contributed by atoms with E-state index in [-0.39, 0.29) is 24.0 Å². The summed E-state index contributed by atoms with van der Waals surface area (Å²) in [5.74, 6) is -0.0446. The zero-order chi connectivity index (χ0) is 9.26. The molecule has 0 aromatic rings. The van der Waals surface area contributed by atoms with Crippen LogP contribution in [0.15, 0.2) is 0 Å². The third-order valence-electron chi connectivity index (χ3n) is 2.70. The first-order valence-corrected chi connectivity index (χ1v) is 4.79. The Morgan fingerprint density at radius 3 is 2.62 bits per heavy atom. The van der Waals surface area contributed by atoms with Crippen molar-refractivity contribution in [3.05, 3.63) is 0 Å². The summed E-state index contributed by atoms with van der Waals surface area (Å²) in [4.78, 5) is 11.5. The van der Waals surface area contributed by atoms with Gasteiger partial charge in [0, 0.05) is 6.04 Å². The smallest absolute Gasteiger partial charge is 0.309 e. The molecule has 2 unspecified atom stereocenters. The molecule has 1 saturated heterocycles. The minimum atomic E-state index is -0.0822. The molecule has 2 atom stereocenters. The SMILES string of the molecule is NC1CCC(C(=O)OC2COC2)C1. The summed E-state index contributed by atoms with van der Waals surface area (Å²) in [6.45, 7) is 1.12. The predicted molar refractivity (Wildman–Crippen MR) is 46.0 cm³/mol. The van der Waals surface area contributed by atoms with E-state index in [2.05, 4.69) is 0 Å². The van der Waals surface area contributed by atoms with Gasteiger partial charge < -0.3 is 15.2 Å². The van der Waals surface area contributed by atoms with Gasteiger partial charge in [-0.25, -0.2) is 0 Å². The number of ether oxygens (including phenoxy) is 2. The van der Waals surface area contributed by atoms with Crippen LogP contribution in [0, 0.1) is 5.92 Å². The summed E-state index contributed by atoms with van der Waals surface area (Å²) >= 11 is 0. The highest BCUT2D eigenvalue weighted by molar-refractivity contribution is 5.73. The summed E-state index contributed by atoms with van der Waals surface area (Å²) < 4.78 is 10.1. The molecule has 2 fully saturated rings. The topological polar surface area (TPSA) is 61.6 Å². The van der Waals surface area contributed by atoms with E-state index >= 15 is 0 Å². The molecule has 0 spiro atoms. The Morgan fingerprint density at radius 1 is 1.38 bits per heavy atom. The number of carbonyl (C=O) groups is 1. The molecule has 1 heterocycles. The molecule has 2 rings (SSSR count). The van der Waals surface area contributed by atoms with E-state index in [0.29, 0.717) is 13.2 Å². The van der Waals surface area contributed by atoms with E-state index in [0.717, 1.165) is 19.3 Å². The molecule has 1 aliphatic carbocycles. The van der Waals surface area contributed by atoms with Crippen LogP contribution < -0.4 is 5.73 Å². The Kier molecular flexibility index (Phi) is 2.51. The largest absolute Gasteiger partial charge is 0.457 e. The summed E-state index contributed by atoms with van der Waals surface area (Å²) in [6, 6.07) is 0.190. The van der Waals surface area contributed by atoms with E-state index < -0.39 is 0 Å². The van der Waals surface area contributed by atoms with E-state index in [9.17, 15) is 4.79 Å². The lowest BCUT2D eigenvalue weighted by Crippen LogP contribution is -2.39. The molecule has 0 radical (unpaired) electrons. The van der Waals surface area contributed by atoms with Gasteiger partial charge in [-0.2, -0.15) is 0 Å². The first-order chi connectivity index (χ1) is 6.25. The molecule has 74 valence electrons. The molecule has 0 aromatic heterocycles. The van der Waals surface area contributed by atoms with Crippen molar-refractivity contribution in [2.45, 2.75) is 31.4 Å². The van der Waals surface area contributed by atoms with Crippen molar-refractivity contribution in [3.63, 3.8) is 0 Å². The van der Waals surface area contributed by atoms with E-state index in [1.807, 2.05) is 0 Å². The number of hydrogen-bond donors (Lipinski definition) is 1. The van der Waals surface area contributed by atoms with Crippen LogP contribution in [0.4, 0.5) is 0 Å². The highest BCUT2D eigenvalue weighted by Gasteiger charge is 2.32. The molecule has 13 heavy (non-hydrogen) atoms. The first-order valence-electron chi connectivity index (χ1n) is 4.79. The molecule has 4 nitrogen and oxygen atoms in total. The van der Waals surface area contributed by atoms with Crippen molar-refractivity contribution in [1.29, 1.82) is 0 Å². The fraction of sp³-hybridized carbons (Fsp3) is 0.889. The van der Waals surface area contributed by atoms with Gasteiger partial charge in [-0.3, -0.25) is 4.79 Å². The fourth-order valence-corrected chi connectivity index (χ4v) is 1.77. The highest BCUT2D eigenvalue weighted by atomic mass is 16.6. The number of rotatable bonds is 2. The molecule has 1 aliphatic heterocycles. The average Bonchev–Trinajstić information content (AvgIpc) is 2.44. The van der Waals surface area contributed by atoms with Crippen LogP contribution in [-0.4, -0.2) is 31.3 Å². The Bertz CT molecular complexity index is 203. The summed E-state index contributed by atoms with van der Waals surface area (Å²) in [7, 11) is 0. The lowest BCUT2D eigenvalue weighted by Gasteiger charge is -2.26. The van der Waals surface area contributed by atoms with Crippen LogP contribution in [0.2, 0.25) is 0 Å². The molecular formula is C9H15NO3. The second kappa shape index (κ2) is 3.64. The number of carbonyl (C=O) groups excluding carboxylic acids is 1. The maximum Gasteiger partial charge on any atom is 0.309 e. The van der Waals surface area contributed by atoms with Crippen LogP contribution >= 0.6 is 0 Å². The van der Waals surface area contributed by atoms with Crippen LogP contribution in [-0.2, 0) is 14.3 Å². The van der Waals surface area contributed by atoms with E-state index in [1.54, 1.807) is 0 Å². The van der Waals surface area contributed by atoms with Crippen LogP contribution in [0.25, 0.3) is 0 Å². The fourth-order valence-electron chi connectivity index (χ4n) is 1.77. The molecule has 1 saturated carbocycles. The van der Waals surface area contributed by atoms with Gasteiger partial charge in [0.05, 0.1) is 19.1 Å². The first kappa shape index (κ1) is 8.97. The molecule has 4 heteroatoms. The van der Waals surface area contributed by atoms with Crippen molar-refractivity contribution < 1.29 is 14.3 Å². The third-order valence-corrected chi connectivity index (χ3v) is 2.70. The predicted octanol–water partition coefficient (Wildman–Crippen LogP) is 0.0558. The van der Waals surface area contributed by atoms with Gasteiger partial charge in [-0.15, -0.1) is 0 Å². The standard InChI is InChI=1S/C9H15NO3/c10-7-2-1-6(3-7)9(11)13-8-4-12-5-8/h6-8H,1-5,10H2. The van der Waals surface area contributed by atoms with Gasteiger partial charge in [0.15, 0.2) is 0 Å². The van der Waals surface area contributed by atoms with Crippen molar-refractivity contribution in [2.75, 3.05) is 13.2 Å². The molecule has 0 aromatic carbocycles. The molecular weight excluding hydrogens is 170 g/mol.